The van der Waals surface area contributed by atoms with E-state index in [9.17, 15) is 14.4 Å². The molecule has 2 saturated carbocycles. The van der Waals surface area contributed by atoms with Crippen molar-refractivity contribution in [2.45, 2.75) is 63.5 Å². The predicted molar refractivity (Wildman–Crippen MR) is 131 cm³/mol. The van der Waals surface area contributed by atoms with Crippen LogP contribution in [0.5, 0.6) is 0 Å². The Morgan fingerprint density at radius 3 is 2.20 bits per heavy atom. The molecule has 0 spiro atoms. The zero-order chi connectivity index (χ0) is 24.4. The highest BCUT2D eigenvalue weighted by Gasteiger charge is 2.56. The van der Waals surface area contributed by atoms with Gasteiger partial charge in [-0.1, -0.05) is 19.3 Å². The summed E-state index contributed by atoms with van der Waals surface area (Å²) in [5.41, 5.74) is 1.59. The van der Waals surface area contributed by atoms with Gasteiger partial charge in [-0.25, -0.2) is 4.79 Å². The summed E-state index contributed by atoms with van der Waals surface area (Å²) in [5.74, 6) is -0.212. The van der Waals surface area contributed by atoms with Crippen LogP contribution in [0.2, 0.25) is 0 Å². The van der Waals surface area contributed by atoms with Gasteiger partial charge in [0, 0.05) is 43.6 Å². The number of likely N-dealkylation sites (tertiary alicyclic amines) is 1. The first-order chi connectivity index (χ1) is 17.0. The van der Waals surface area contributed by atoms with Crippen LogP contribution in [0.1, 0.15) is 50.5 Å². The molecule has 0 bridgehead atoms. The van der Waals surface area contributed by atoms with Crippen molar-refractivity contribution in [3.8, 4) is 0 Å². The number of β-lactam (4-membered cyclic amide) rings is 1. The molecule has 3 aliphatic rings. The van der Waals surface area contributed by atoms with Crippen LogP contribution in [0.3, 0.4) is 0 Å². The molecule has 2 aliphatic carbocycles. The summed E-state index contributed by atoms with van der Waals surface area (Å²) >= 11 is 0. The number of nitrogens with one attached hydrogen (secondary N) is 1. The lowest BCUT2D eigenvalue weighted by molar-refractivity contribution is -0.156. The van der Waals surface area contributed by atoms with Crippen molar-refractivity contribution in [3.63, 3.8) is 0 Å². The minimum atomic E-state index is -0.847. The first-order valence-corrected chi connectivity index (χ1v) is 12.7. The fourth-order valence-electron chi connectivity index (χ4n) is 5.70. The number of imide groups is 1. The Morgan fingerprint density at radius 1 is 0.971 bits per heavy atom. The van der Waals surface area contributed by atoms with Crippen molar-refractivity contribution >= 4 is 23.5 Å². The maximum absolute atomic E-state index is 13.6. The number of aromatic nitrogens is 2. The summed E-state index contributed by atoms with van der Waals surface area (Å²) in [6, 6.07) is 5.99. The molecule has 2 aromatic heterocycles. The largest absolute Gasteiger partial charge is 0.334 e. The Hall–Kier alpha value is -3.29. The van der Waals surface area contributed by atoms with Gasteiger partial charge in [0.15, 0.2) is 0 Å². The fourth-order valence-corrected chi connectivity index (χ4v) is 5.70. The highest BCUT2D eigenvalue weighted by molar-refractivity contribution is 6.12. The lowest BCUT2D eigenvalue weighted by Gasteiger charge is -2.46. The topological polar surface area (TPSA) is 95.5 Å². The SMILES string of the molecule is CN(C(=O)[C@@H]1[C@@H](Cc2ccncc2)C(=O)N1C(=O)NC(C1CCCCC1)C1CC1)c1ccncc1. The summed E-state index contributed by atoms with van der Waals surface area (Å²) in [5, 5.41) is 3.20. The number of hydrogen-bond acceptors (Lipinski definition) is 5. The molecule has 2 aromatic rings. The maximum Gasteiger partial charge on any atom is 0.325 e. The zero-order valence-corrected chi connectivity index (χ0v) is 20.2. The van der Waals surface area contributed by atoms with Gasteiger partial charge in [0.2, 0.25) is 5.91 Å². The summed E-state index contributed by atoms with van der Waals surface area (Å²) < 4.78 is 0. The molecule has 1 unspecified atom stereocenters. The number of hydrogen-bond donors (Lipinski definition) is 1. The van der Waals surface area contributed by atoms with Crippen LogP contribution in [0.15, 0.2) is 49.1 Å². The number of rotatable bonds is 7. The third-order valence-corrected chi connectivity index (χ3v) is 7.85. The smallest absolute Gasteiger partial charge is 0.325 e. The third-order valence-electron chi connectivity index (χ3n) is 7.85. The number of likely N-dealkylation sites (N-methyl/N-ethyl adjacent to an activating group) is 1. The molecule has 3 heterocycles. The third kappa shape index (κ3) is 4.92. The Morgan fingerprint density at radius 2 is 1.57 bits per heavy atom. The van der Waals surface area contributed by atoms with Crippen molar-refractivity contribution in [1.82, 2.24) is 20.2 Å². The fraction of sp³-hybridized carbons (Fsp3) is 0.519. The number of carbonyl (C=O) groups excluding carboxylic acids is 3. The van der Waals surface area contributed by atoms with Gasteiger partial charge in [-0.05, 0) is 73.8 Å². The van der Waals surface area contributed by atoms with E-state index in [0.717, 1.165) is 31.2 Å². The Kier molecular flexibility index (Phi) is 6.79. The normalized spacial score (nSPS) is 23.3. The molecule has 1 aliphatic heterocycles. The van der Waals surface area contributed by atoms with Gasteiger partial charge in [-0.3, -0.25) is 24.5 Å². The van der Waals surface area contributed by atoms with Gasteiger partial charge in [0.25, 0.3) is 5.91 Å². The monoisotopic (exact) mass is 475 g/mol. The van der Waals surface area contributed by atoms with Gasteiger partial charge in [-0.15, -0.1) is 0 Å². The van der Waals surface area contributed by atoms with Gasteiger partial charge in [0.05, 0.1) is 5.92 Å². The molecule has 0 aromatic carbocycles. The van der Waals surface area contributed by atoms with Gasteiger partial charge >= 0.3 is 6.03 Å². The molecule has 1 N–H and O–H groups in total. The summed E-state index contributed by atoms with van der Waals surface area (Å²) in [6.45, 7) is 0. The number of anilines is 1. The molecule has 184 valence electrons. The van der Waals surface area contributed by atoms with Crippen LogP contribution >= 0.6 is 0 Å². The van der Waals surface area contributed by atoms with E-state index >= 15 is 0 Å². The van der Waals surface area contributed by atoms with Crippen molar-refractivity contribution in [1.29, 1.82) is 0 Å². The van der Waals surface area contributed by atoms with E-state index in [0.29, 0.717) is 23.9 Å². The molecule has 1 saturated heterocycles. The number of urea groups is 1. The zero-order valence-electron chi connectivity index (χ0n) is 20.2. The summed E-state index contributed by atoms with van der Waals surface area (Å²) in [4.78, 5) is 51.2. The molecular weight excluding hydrogens is 442 g/mol. The summed E-state index contributed by atoms with van der Waals surface area (Å²) in [6.07, 6.45) is 15.1. The van der Waals surface area contributed by atoms with Crippen LogP contribution < -0.4 is 10.2 Å². The Balaban J connectivity index is 1.36. The molecule has 8 nitrogen and oxygen atoms in total. The number of pyridine rings is 2. The quantitative estimate of drug-likeness (QED) is 0.618. The van der Waals surface area contributed by atoms with E-state index < -0.39 is 18.0 Å². The van der Waals surface area contributed by atoms with Crippen LogP contribution in [0.25, 0.3) is 0 Å². The highest BCUT2D eigenvalue weighted by Crippen LogP contribution is 2.41. The average Bonchev–Trinajstić information content (AvgIpc) is 3.75. The molecule has 35 heavy (non-hydrogen) atoms. The van der Waals surface area contributed by atoms with Crippen molar-refractivity contribution in [2.75, 3.05) is 11.9 Å². The Labute approximate surface area is 206 Å². The van der Waals surface area contributed by atoms with Gasteiger partial charge in [-0.2, -0.15) is 0 Å². The van der Waals surface area contributed by atoms with Crippen LogP contribution in [-0.2, 0) is 16.0 Å². The van der Waals surface area contributed by atoms with E-state index in [1.165, 1.54) is 29.1 Å². The minimum absolute atomic E-state index is 0.0866. The van der Waals surface area contributed by atoms with E-state index in [1.54, 1.807) is 44.0 Å². The molecule has 3 atom stereocenters. The molecule has 3 fully saturated rings. The second-order valence-electron chi connectivity index (χ2n) is 10.1. The van der Waals surface area contributed by atoms with Gasteiger partial charge < -0.3 is 10.2 Å². The van der Waals surface area contributed by atoms with Crippen LogP contribution in [0, 0.1) is 17.8 Å². The van der Waals surface area contributed by atoms with E-state index in [4.69, 9.17) is 0 Å². The first kappa shape index (κ1) is 23.5. The molecule has 8 heteroatoms. The first-order valence-electron chi connectivity index (χ1n) is 12.7. The van der Waals surface area contributed by atoms with E-state index in [2.05, 4.69) is 15.3 Å². The van der Waals surface area contributed by atoms with Crippen LogP contribution in [0.4, 0.5) is 10.5 Å². The molecule has 4 amide bonds. The lowest BCUT2D eigenvalue weighted by Crippen LogP contribution is -2.71. The average molecular weight is 476 g/mol. The highest BCUT2D eigenvalue weighted by atomic mass is 16.2. The number of carbonyl (C=O) groups is 3. The predicted octanol–water partition coefficient (Wildman–Crippen LogP) is 3.58. The van der Waals surface area contributed by atoms with Crippen molar-refractivity contribution < 1.29 is 14.4 Å². The second kappa shape index (κ2) is 10.1. The second-order valence-corrected chi connectivity index (χ2v) is 10.1. The molecule has 5 rings (SSSR count). The van der Waals surface area contributed by atoms with E-state index in [1.807, 2.05) is 12.1 Å². The minimum Gasteiger partial charge on any atom is -0.334 e. The summed E-state index contributed by atoms with van der Waals surface area (Å²) in [7, 11) is 1.68. The maximum atomic E-state index is 13.6. The van der Waals surface area contributed by atoms with Crippen molar-refractivity contribution in [2.24, 2.45) is 17.8 Å². The Bertz CT molecular complexity index is 1050. The van der Waals surface area contributed by atoms with Crippen molar-refractivity contribution in [3.05, 3.63) is 54.6 Å². The van der Waals surface area contributed by atoms with Crippen LogP contribution in [-0.4, -0.2) is 51.8 Å². The van der Waals surface area contributed by atoms with Gasteiger partial charge in [0.1, 0.15) is 6.04 Å². The number of nitrogens with zero attached hydrogens (tertiary/aromatic N) is 4. The molecular formula is C27H33N5O3. The standard InChI is InChI=1S/C27H33N5O3/c1-31(21-11-15-29-16-12-21)26(34)24-22(17-18-9-13-28-14-10-18)25(33)32(24)27(35)30-23(20-7-8-20)19-5-3-2-4-6-19/h9-16,19-20,22-24H,2-8,17H2,1H3,(H,30,35)/t22-,23?,24+/m1/s1. The van der Waals surface area contributed by atoms with E-state index in [-0.39, 0.29) is 17.9 Å². The molecule has 0 radical (unpaired) electrons. The lowest BCUT2D eigenvalue weighted by atomic mass is 9.81. The number of amides is 4.